The van der Waals surface area contributed by atoms with Crippen LogP contribution in [-0.4, -0.2) is 10.0 Å². The second-order valence-electron chi connectivity index (χ2n) is 3.47. The molecule has 82 valence electrons. The monoisotopic (exact) mass is 209 g/mol. The Labute approximate surface area is 88.7 Å². The molecule has 4 nitrogen and oxygen atoms in total. The van der Waals surface area contributed by atoms with Crippen LogP contribution in [0.1, 0.15) is 37.9 Å². The van der Waals surface area contributed by atoms with Gasteiger partial charge in [0.1, 0.15) is 0 Å². The van der Waals surface area contributed by atoms with E-state index in [0.29, 0.717) is 12.0 Å². The fourth-order valence-electron chi connectivity index (χ4n) is 1.49. The molecule has 0 heterocycles. The van der Waals surface area contributed by atoms with Crippen molar-refractivity contribution in [3.63, 3.8) is 0 Å². The summed E-state index contributed by atoms with van der Waals surface area (Å²) in [5, 5.41) is 20.5. The molecule has 0 aliphatic carbocycles. The average Bonchev–Trinajstić information content (AvgIpc) is 2.25. The van der Waals surface area contributed by atoms with Gasteiger partial charge in [-0.3, -0.25) is 10.1 Å². The summed E-state index contributed by atoms with van der Waals surface area (Å²) in [4.78, 5) is 10.2. The number of nitrogens with zero attached hydrogens (tertiary/aromatic N) is 1. The van der Waals surface area contributed by atoms with Gasteiger partial charge in [-0.2, -0.15) is 0 Å². The summed E-state index contributed by atoms with van der Waals surface area (Å²) >= 11 is 0. The Morgan fingerprint density at radius 1 is 1.47 bits per heavy atom. The molecule has 1 rings (SSSR count). The molecule has 15 heavy (non-hydrogen) atoms. The van der Waals surface area contributed by atoms with Gasteiger partial charge < -0.3 is 5.11 Å². The summed E-state index contributed by atoms with van der Waals surface area (Å²) < 4.78 is 0. The normalized spacial score (nSPS) is 12.4. The number of nitro benzene ring substituents is 1. The largest absolute Gasteiger partial charge is 0.388 e. The van der Waals surface area contributed by atoms with E-state index in [4.69, 9.17) is 0 Å². The Kier molecular flexibility index (Phi) is 4.24. The molecule has 1 unspecified atom stereocenters. The molecule has 0 saturated carbocycles. The highest BCUT2D eigenvalue weighted by Crippen LogP contribution is 2.27. The number of aliphatic hydroxyl groups is 1. The van der Waals surface area contributed by atoms with Crippen LogP contribution in [0.4, 0.5) is 5.69 Å². The van der Waals surface area contributed by atoms with Crippen molar-refractivity contribution in [2.45, 2.75) is 32.3 Å². The zero-order valence-corrected chi connectivity index (χ0v) is 8.72. The van der Waals surface area contributed by atoms with Gasteiger partial charge in [0, 0.05) is 6.07 Å². The summed E-state index contributed by atoms with van der Waals surface area (Å²) in [6.07, 6.45) is 1.68. The molecule has 0 amide bonds. The van der Waals surface area contributed by atoms with Gasteiger partial charge >= 0.3 is 0 Å². The van der Waals surface area contributed by atoms with Gasteiger partial charge in [-0.25, -0.2) is 0 Å². The molecule has 0 aliphatic rings. The number of nitro groups is 1. The molecule has 1 N–H and O–H groups in total. The number of hydrogen-bond donors (Lipinski definition) is 1. The minimum Gasteiger partial charge on any atom is -0.388 e. The fourth-order valence-corrected chi connectivity index (χ4v) is 1.49. The van der Waals surface area contributed by atoms with Gasteiger partial charge in [0.2, 0.25) is 0 Å². The molecule has 1 atom stereocenters. The van der Waals surface area contributed by atoms with E-state index in [9.17, 15) is 15.2 Å². The van der Waals surface area contributed by atoms with Gasteiger partial charge in [-0.1, -0.05) is 31.9 Å². The summed E-state index contributed by atoms with van der Waals surface area (Å²) in [7, 11) is 0. The highest BCUT2D eigenvalue weighted by molar-refractivity contribution is 5.41. The number of unbranched alkanes of at least 4 members (excludes halogenated alkanes) is 1. The van der Waals surface area contributed by atoms with E-state index in [2.05, 4.69) is 0 Å². The average molecular weight is 209 g/mol. The van der Waals surface area contributed by atoms with E-state index in [1.54, 1.807) is 18.2 Å². The van der Waals surface area contributed by atoms with E-state index in [-0.39, 0.29) is 5.69 Å². The Morgan fingerprint density at radius 3 is 2.73 bits per heavy atom. The van der Waals surface area contributed by atoms with Crippen molar-refractivity contribution < 1.29 is 10.0 Å². The van der Waals surface area contributed by atoms with Crippen molar-refractivity contribution in [2.75, 3.05) is 0 Å². The van der Waals surface area contributed by atoms with Crippen LogP contribution in [0.5, 0.6) is 0 Å². The second kappa shape index (κ2) is 5.46. The van der Waals surface area contributed by atoms with E-state index in [1.807, 2.05) is 6.92 Å². The van der Waals surface area contributed by atoms with Gasteiger partial charge in [-0.15, -0.1) is 0 Å². The number of rotatable bonds is 5. The lowest BCUT2D eigenvalue weighted by molar-refractivity contribution is -0.386. The Balaban J connectivity index is 2.87. The predicted octanol–water partition coefficient (Wildman–Crippen LogP) is 2.82. The van der Waals surface area contributed by atoms with Crippen LogP contribution in [0.3, 0.4) is 0 Å². The Hall–Kier alpha value is -1.42. The molecular weight excluding hydrogens is 194 g/mol. The zero-order valence-electron chi connectivity index (χ0n) is 8.72. The van der Waals surface area contributed by atoms with Crippen LogP contribution < -0.4 is 0 Å². The SMILES string of the molecule is CCCCC(O)c1ccccc1[N+](=O)[O-]. The highest BCUT2D eigenvalue weighted by Gasteiger charge is 2.18. The van der Waals surface area contributed by atoms with E-state index in [0.717, 1.165) is 12.8 Å². The van der Waals surface area contributed by atoms with E-state index in [1.165, 1.54) is 6.07 Å². The molecule has 1 aromatic rings. The van der Waals surface area contributed by atoms with Crippen molar-refractivity contribution in [3.8, 4) is 0 Å². The first-order chi connectivity index (χ1) is 7.16. The van der Waals surface area contributed by atoms with Crippen LogP contribution in [0.2, 0.25) is 0 Å². The Bertz CT molecular complexity index is 338. The summed E-state index contributed by atoms with van der Waals surface area (Å²) in [6, 6.07) is 6.34. The molecule has 0 aliphatic heterocycles. The standard InChI is InChI=1S/C11H15NO3/c1-2-3-8-11(13)9-6-4-5-7-10(9)12(14)15/h4-7,11,13H,2-3,8H2,1H3. The van der Waals surface area contributed by atoms with Crippen molar-refractivity contribution in [2.24, 2.45) is 0 Å². The molecule has 4 heteroatoms. The van der Waals surface area contributed by atoms with Gasteiger partial charge in [0.15, 0.2) is 0 Å². The van der Waals surface area contributed by atoms with Crippen molar-refractivity contribution in [1.29, 1.82) is 0 Å². The maximum atomic E-state index is 10.7. The lowest BCUT2D eigenvalue weighted by atomic mass is 10.0. The molecule has 0 fully saturated rings. The first kappa shape index (κ1) is 11.7. The number of para-hydroxylation sites is 1. The van der Waals surface area contributed by atoms with Crippen molar-refractivity contribution in [3.05, 3.63) is 39.9 Å². The molecule has 0 aromatic heterocycles. The second-order valence-corrected chi connectivity index (χ2v) is 3.47. The molecule has 0 spiro atoms. The lowest BCUT2D eigenvalue weighted by Crippen LogP contribution is -2.02. The van der Waals surface area contributed by atoms with E-state index < -0.39 is 11.0 Å². The molecule has 0 bridgehead atoms. The third kappa shape index (κ3) is 3.02. The summed E-state index contributed by atoms with van der Waals surface area (Å²) in [5.74, 6) is 0. The summed E-state index contributed by atoms with van der Waals surface area (Å²) in [6.45, 7) is 2.02. The van der Waals surface area contributed by atoms with Crippen LogP contribution >= 0.6 is 0 Å². The number of hydrogen-bond acceptors (Lipinski definition) is 3. The maximum absolute atomic E-state index is 10.7. The van der Waals surface area contributed by atoms with Crippen LogP contribution in [-0.2, 0) is 0 Å². The minimum absolute atomic E-state index is 0.00102. The minimum atomic E-state index is -0.730. The quantitative estimate of drug-likeness (QED) is 0.599. The third-order valence-electron chi connectivity index (χ3n) is 2.32. The van der Waals surface area contributed by atoms with Crippen LogP contribution in [0, 0.1) is 10.1 Å². The zero-order chi connectivity index (χ0) is 11.3. The van der Waals surface area contributed by atoms with Crippen LogP contribution in [0.15, 0.2) is 24.3 Å². The van der Waals surface area contributed by atoms with Gasteiger partial charge in [-0.05, 0) is 12.5 Å². The van der Waals surface area contributed by atoms with Crippen molar-refractivity contribution in [1.82, 2.24) is 0 Å². The highest BCUT2D eigenvalue weighted by atomic mass is 16.6. The van der Waals surface area contributed by atoms with Crippen molar-refractivity contribution >= 4 is 5.69 Å². The lowest BCUT2D eigenvalue weighted by Gasteiger charge is -2.10. The smallest absolute Gasteiger partial charge is 0.275 e. The topological polar surface area (TPSA) is 63.4 Å². The predicted molar refractivity (Wildman–Crippen MR) is 57.6 cm³/mol. The Morgan fingerprint density at radius 2 is 2.13 bits per heavy atom. The summed E-state index contributed by atoms with van der Waals surface area (Å²) in [5.41, 5.74) is 0.414. The molecule has 0 saturated heterocycles. The van der Waals surface area contributed by atoms with Gasteiger partial charge in [0.25, 0.3) is 5.69 Å². The third-order valence-corrected chi connectivity index (χ3v) is 2.32. The van der Waals surface area contributed by atoms with Gasteiger partial charge in [0.05, 0.1) is 16.6 Å². The first-order valence-corrected chi connectivity index (χ1v) is 5.08. The molecule has 1 aromatic carbocycles. The number of benzene rings is 1. The number of aliphatic hydroxyl groups excluding tert-OH is 1. The maximum Gasteiger partial charge on any atom is 0.275 e. The molecular formula is C11H15NO3. The van der Waals surface area contributed by atoms with Crippen LogP contribution in [0.25, 0.3) is 0 Å². The van der Waals surface area contributed by atoms with E-state index >= 15 is 0 Å². The fraction of sp³-hybridized carbons (Fsp3) is 0.455. The molecule has 0 radical (unpaired) electrons. The first-order valence-electron chi connectivity index (χ1n) is 5.08.